The summed E-state index contributed by atoms with van der Waals surface area (Å²) in [4.78, 5) is 9.30. The van der Waals surface area contributed by atoms with Crippen LogP contribution in [0.15, 0.2) is 18.2 Å². The molecule has 0 saturated heterocycles. The molecule has 1 aliphatic carbocycles. The molecule has 21 heavy (non-hydrogen) atoms. The highest BCUT2D eigenvalue weighted by Crippen LogP contribution is 2.28. The molecule has 1 aromatic heterocycles. The standard InChI is InChI=1S/C17H20FN3/c1-11-8-9-12(10-14(11)18)16-20-15-7-5-3-4-6-13(15)17(19-2)21-16/h8-10H,3-7H2,1-2H3,(H,19,20,21). The van der Waals surface area contributed by atoms with Crippen molar-refractivity contribution in [2.24, 2.45) is 0 Å². The average molecular weight is 285 g/mol. The van der Waals surface area contributed by atoms with E-state index in [2.05, 4.69) is 10.3 Å². The second kappa shape index (κ2) is 5.80. The van der Waals surface area contributed by atoms with Crippen LogP contribution in [0.2, 0.25) is 0 Å². The molecular weight excluding hydrogens is 265 g/mol. The van der Waals surface area contributed by atoms with Gasteiger partial charge < -0.3 is 5.32 Å². The van der Waals surface area contributed by atoms with Gasteiger partial charge >= 0.3 is 0 Å². The van der Waals surface area contributed by atoms with E-state index in [4.69, 9.17) is 4.98 Å². The molecule has 0 bridgehead atoms. The van der Waals surface area contributed by atoms with Crippen molar-refractivity contribution in [1.29, 1.82) is 0 Å². The molecule has 110 valence electrons. The van der Waals surface area contributed by atoms with Crippen molar-refractivity contribution < 1.29 is 4.39 Å². The Morgan fingerprint density at radius 1 is 1.10 bits per heavy atom. The Labute approximate surface area is 124 Å². The molecule has 0 unspecified atom stereocenters. The Bertz CT molecular complexity index is 667. The van der Waals surface area contributed by atoms with Gasteiger partial charge in [0, 0.05) is 23.9 Å². The number of hydrogen-bond acceptors (Lipinski definition) is 3. The van der Waals surface area contributed by atoms with Crippen LogP contribution in [0, 0.1) is 12.7 Å². The molecule has 1 heterocycles. The van der Waals surface area contributed by atoms with Crippen LogP contribution in [0.25, 0.3) is 11.4 Å². The van der Waals surface area contributed by atoms with Crippen molar-refractivity contribution in [3.8, 4) is 11.4 Å². The first-order valence-electron chi connectivity index (χ1n) is 7.53. The fourth-order valence-corrected chi connectivity index (χ4v) is 2.84. The molecule has 0 saturated carbocycles. The number of fused-ring (bicyclic) bond motifs is 1. The van der Waals surface area contributed by atoms with Gasteiger partial charge in [-0.15, -0.1) is 0 Å². The average Bonchev–Trinajstić information content (AvgIpc) is 2.74. The van der Waals surface area contributed by atoms with Crippen molar-refractivity contribution in [2.45, 2.75) is 39.0 Å². The minimum absolute atomic E-state index is 0.211. The van der Waals surface area contributed by atoms with Crippen LogP contribution in [0.1, 0.15) is 36.1 Å². The fraction of sp³-hybridized carbons (Fsp3) is 0.412. The van der Waals surface area contributed by atoms with Crippen molar-refractivity contribution in [1.82, 2.24) is 9.97 Å². The Kier molecular flexibility index (Phi) is 3.86. The summed E-state index contributed by atoms with van der Waals surface area (Å²) in [6, 6.07) is 5.18. The van der Waals surface area contributed by atoms with Crippen molar-refractivity contribution in [3.05, 3.63) is 40.8 Å². The van der Waals surface area contributed by atoms with Crippen LogP contribution in [0.4, 0.5) is 10.2 Å². The lowest BCUT2D eigenvalue weighted by Crippen LogP contribution is -2.07. The monoisotopic (exact) mass is 285 g/mol. The zero-order chi connectivity index (χ0) is 14.8. The first kappa shape index (κ1) is 14.0. The second-order valence-electron chi connectivity index (χ2n) is 5.60. The highest BCUT2D eigenvalue weighted by atomic mass is 19.1. The largest absolute Gasteiger partial charge is 0.373 e. The number of nitrogens with zero attached hydrogens (tertiary/aromatic N) is 2. The van der Waals surface area contributed by atoms with Gasteiger partial charge in [0.2, 0.25) is 0 Å². The minimum atomic E-state index is -0.211. The number of halogens is 1. The summed E-state index contributed by atoms with van der Waals surface area (Å²) in [5.41, 5.74) is 3.72. The van der Waals surface area contributed by atoms with E-state index in [-0.39, 0.29) is 5.82 Å². The highest BCUT2D eigenvalue weighted by Gasteiger charge is 2.17. The Morgan fingerprint density at radius 3 is 2.67 bits per heavy atom. The third-order valence-electron chi connectivity index (χ3n) is 4.10. The van der Waals surface area contributed by atoms with Crippen LogP contribution in [-0.4, -0.2) is 17.0 Å². The van der Waals surface area contributed by atoms with Crippen LogP contribution in [0.5, 0.6) is 0 Å². The zero-order valence-electron chi connectivity index (χ0n) is 12.5. The minimum Gasteiger partial charge on any atom is -0.373 e. The quantitative estimate of drug-likeness (QED) is 0.850. The maximum Gasteiger partial charge on any atom is 0.161 e. The summed E-state index contributed by atoms with van der Waals surface area (Å²) < 4.78 is 13.8. The van der Waals surface area contributed by atoms with E-state index in [1.165, 1.54) is 24.5 Å². The third-order valence-corrected chi connectivity index (χ3v) is 4.10. The smallest absolute Gasteiger partial charge is 0.161 e. The van der Waals surface area contributed by atoms with Crippen LogP contribution in [0.3, 0.4) is 0 Å². The van der Waals surface area contributed by atoms with Gasteiger partial charge in [0.1, 0.15) is 11.6 Å². The van der Waals surface area contributed by atoms with Gasteiger partial charge in [-0.2, -0.15) is 0 Å². The molecule has 0 amide bonds. The maximum atomic E-state index is 13.8. The first-order valence-corrected chi connectivity index (χ1v) is 7.53. The molecular formula is C17H20FN3. The lowest BCUT2D eigenvalue weighted by Gasteiger charge is -2.13. The predicted molar refractivity (Wildman–Crippen MR) is 83.0 cm³/mol. The van der Waals surface area contributed by atoms with Crippen molar-refractivity contribution in [2.75, 3.05) is 12.4 Å². The van der Waals surface area contributed by atoms with E-state index in [1.54, 1.807) is 13.0 Å². The van der Waals surface area contributed by atoms with E-state index in [0.29, 0.717) is 11.4 Å². The van der Waals surface area contributed by atoms with Gasteiger partial charge in [0.25, 0.3) is 0 Å². The SMILES string of the molecule is CNc1nc(-c2ccc(C)c(F)c2)nc2c1CCCCC2. The normalized spacial score (nSPS) is 14.4. The Hall–Kier alpha value is -1.97. The number of hydrogen-bond donors (Lipinski definition) is 1. The number of aromatic nitrogens is 2. The number of aryl methyl sites for hydroxylation is 2. The van der Waals surface area contributed by atoms with Crippen LogP contribution in [-0.2, 0) is 12.8 Å². The van der Waals surface area contributed by atoms with Crippen LogP contribution >= 0.6 is 0 Å². The highest BCUT2D eigenvalue weighted by molar-refractivity contribution is 5.60. The lowest BCUT2D eigenvalue weighted by atomic mass is 10.1. The van der Waals surface area contributed by atoms with E-state index >= 15 is 0 Å². The summed E-state index contributed by atoms with van der Waals surface area (Å²) in [5.74, 6) is 1.29. The molecule has 2 aromatic rings. The Morgan fingerprint density at radius 2 is 1.90 bits per heavy atom. The predicted octanol–water partition coefficient (Wildman–Crippen LogP) is 3.90. The van der Waals surface area contributed by atoms with Gasteiger partial charge in [-0.1, -0.05) is 18.6 Å². The number of benzene rings is 1. The summed E-state index contributed by atoms with van der Waals surface area (Å²) >= 11 is 0. The summed E-state index contributed by atoms with van der Waals surface area (Å²) in [7, 11) is 1.88. The van der Waals surface area contributed by atoms with Crippen LogP contribution < -0.4 is 5.32 Å². The summed E-state index contributed by atoms with van der Waals surface area (Å²) in [6.07, 6.45) is 5.58. The van der Waals surface area contributed by atoms with E-state index in [1.807, 2.05) is 13.1 Å². The molecule has 4 heteroatoms. The zero-order valence-corrected chi connectivity index (χ0v) is 12.5. The van der Waals surface area contributed by atoms with Crippen molar-refractivity contribution in [3.63, 3.8) is 0 Å². The molecule has 3 rings (SSSR count). The number of nitrogens with one attached hydrogen (secondary N) is 1. The Balaban J connectivity index is 2.10. The van der Waals surface area contributed by atoms with E-state index < -0.39 is 0 Å². The fourth-order valence-electron chi connectivity index (χ4n) is 2.84. The molecule has 1 N–H and O–H groups in total. The van der Waals surface area contributed by atoms with Gasteiger partial charge in [-0.3, -0.25) is 0 Å². The third kappa shape index (κ3) is 2.75. The molecule has 0 fully saturated rings. The van der Waals surface area contributed by atoms with Gasteiger partial charge in [0.05, 0.1) is 0 Å². The molecule has 0 spiro atoms. The molecule has 0 aliphatic heterocycles. The first-order chi connectivity index (χ1) is 10.2. The molecule has 3 nitrogen and oxygen atoms in total. The molecule has 1 aromatic carbocycles. The van der Waals surface area contributed by atoms with E-state index in [0.717, 1.165) is 36.3 Å². The van der Waals surface area contributed by atoms with Gasteiger partial charge in [0.15, 0.2) is 5.82 Å². The molecule has 0 radical (unpaired) electrons. The van der Waals surface area contributed by atoms with Gasteiger partial charge in [-0.05, 0) is 44.2 Å². The van der Waals surface area contributed by atoms with Gasteiger partial charge in [-0.25, -0.2) is 14.4 Å². The summed E-state index contributed by atoms with van der Waals surface area (Å²) in [5, 5.41) is 3.17. The lowest BCUT2D eigenvalue weighted by molar-refractivity contribution is 0.619. The maximum absolute atomic E-state index is 13.8. The summed E-state index contributed by atoms with van der Waals surface area (Å²) in [6.45, 7) is 1.76. The number of rotatable bonds is 2. The van der Waals surface area contributed by atoms with E-state index in [9.17, 15) is 4.39 Å². The van der Waals surface area contributed by atoms with Crippen molar-refractivity contribution >= 4 is 5.82 Å². The second-order valence-corrected chi connectivity index (χ2v) is 5.60. The molecule has 0 atom stereocenters. The number of anilines is 1. The topological polar surface area (TPSA) is 37.8 Å². The molecule has 1 aliphatic rings.